The average molecular weight is 476 g/mol. The Bertz CT molecular complexity index is 1500. The van der Waals surface area contributed by atoms with Crippen LogP contribution in [0, 0.1) is 10.1 Å². The summed E-state index contributed by atoms with van der Waals surface area (Å²) in [6.45, 7) is 3.63. The SMILES string of the molecule is CCOC(=O)C1=C(C)N=c2s/c(=C/c3cccc([N+](=O)[O-])c3)c(=O)n2[C@@H]1/C=C/c1ccccc1. The van der Waals surface area contributed by atoms with E-state index in [1.165, 1.54) is 28.0 Å². The van der Waals surface area contributed by atoms with Crippen LogP contribution in [0.25, 0.3) is 12.2 Å². The molecule has 0 saturated carbocycles. The molecule has 0 bridgehead atoms. The highest BCUT2D eigenvalue weighted by Gasteiger charge is 2.30. The Kier molecular flexibility index (Phi) is 6.65. The Labute approximate surface area is 198 Å². The van der Waals surface area contributed by atoms with Crippen molar-refractivity contribution in [2.75, 3.05) is 6.61 Å². The minimum absolute atomic E-state index is 0.0642. The lowest BCUT2D eigenvalue weighted by Crippen LogP contribution is -2.38. The molecule has 4 rings (SSSR count). The first-order valence-corrected chi connectivity index (χ1v) is 11.4. The lowest BCUT2D eigenvalue weighted by Gasteiger charge is -2.21. The van der Waals surface area contributed by atoms with Crippen molar-refractivity contribution in [2.45, 2.75) is 19.9 Å². The van der Waals surface area contributed by atoms with Crippen LogP contribution >= 0.6 is 11.3 Å². The van der Waals surface area contributed by atoms with Gasteiger partial charge in [0.1, 0.15) is 0 Å². The second-order valence-electron chi connectivity index (χ2n) is 7.47. The van der Waals surface area contributed by atoms with Gasteiger partial charge in [0.2, 0.25) is 0 Å². The lowest BCUT2D eigenvalue weighted by atomic mass is 10.0. The molecule has 3 aromatic rings. The van der Waals surface area contributed by atoms with Crippen LogP contribution in [0.3, 0.4) is 0 Å². The van der Waals surface area contributed by atoms with Gasteiger partial charge in [-0.2, -0.15) is 0 Å². The second kappa shape index (κ2) is 9.80. The first-order chi connectivity index (χ1) is 16.4. The molecule has 172 valence electrons. The fraction of sp³-hybridized carbons (Fsp3) is 0.160. The zero-order valence-corrected chi connectivity index (χ0v) is 19.3. The fourth-order valence-electron chi connectivity index (χ4n) is 3.66. The van der Waals surface area contributed by atoms with Crippen molar-refractivity contribution in [2.24, 2.45) is 4.99 Å². The summed E-state index contributed by atoms with van der Waals surface area (Å²) in [6, 6.07) is 14.9. The molecule has 1 aromatic heterocycles. The van der Waals surface area contributed by atoms with E-state index in [4.69, 9.17) is 4.74 Å². The lowest BCUT2D eigenvalue weighted by molar-refractivity contribution is -0.384. The van der Waals surface area contributed by atoms with Crippen molar-refractivity contribution in [3.8, 4) is 0 Å². The molecular weight excluding hydrogens is 454 g/mol. The molecule has 8 nitrogen and oxygen atoms in total. The number of hydrogen-bond acceptors (Lipinski definition) is 7. The summed E-state index contributed by atoms with van der Waals surface area (Å²) in [7, 11) is 0. The molecule has 9 heteroatoms. The Hall–Kier alpha value is -4.11. The predicted octanol–water partition coefficient (Wildman–Crippen LogP) is 3.37. The number of nitrogens with zero attached hydrogens (tertiary/aromatic N) is 3. The number of fused-ring (bicyclic) bond motifs is 1. The van der Waals surface area contributed by atoms with Gasteiger partial charge in [-0.15, -0.1) is 0 Å². The summed E-state index contributed by atoms with van der Waals surface area (Å²) < 4.78 is 7.07. The summed E-state index contributed by atoms with van der Waals surface area (Å²) in [6.07, 6.45) is 5.23. The van der Waals surface area contributed by atoms with Gasteiger partial charge >= 0.3 is 5.97 Å². The van der Waals surface area contributed by atoms with Crippen LogP contribution < -0.4 is 14.9 Å². The number of nitro benzene ring substituents is 1. The van der Waals surface area contributed by atoms with Crippen LogP contribution in [0.2, 0.25) is 0 Å². The molecule has 2 aromatic carbocycles. The van der Waals surface area contributed by atoms with E-state index >= 15 is 0 Å². The molecule has 0 fully saturated rings. The molecule has 1 aliphatic heterocycles. The van der Waals surface area contributed by atoms with Gasteiger partial charge in [-0.3, -0.25) is 19.5 Å². The molecular formula is C25H21N3O5S. The van der Waals surface area contributed by atoms with Crippen LogP contribution in [0.4, 0.5) is 5.69 Å². The van der Waals surface area contributed by atoms with Gasteiger partial charge in [0.15, 0.2) is 4.80 Å². The van der Waals surface area contributed by atoms with E-state index in [1.807, 2.05) is 36.4 Å². The number of thiazole rings is 1. The molecule has 0 saturated heterocycles. The molecule has 0 amide bonds. The predicted molar refractivity (Wildman–Crippen MR) is 130 cm³/mol. The molecule has 0 N–H and O–H groups in total. The van der Waals surface area contributed by atoms with Gasteiger partial charge in [0.25, 0.3) is 11.2 Å². The van der Waals surface area contributed by atoms with Gasteiger partial charge < -0.3 is 4.74 Å². The Balaban J connectivity index is 1.87. The fourth-order valence-corrected chi connectivity index (χ4v) is 4.72. The smallest absolute Gasteiger partial charge is 0.338 e. The third kappa shape index (κ3) is 4.65. The highest BCUT2D eigenvalue weighted by atomic mass is 32.1. The van der Waals surface area contributed by atoms with E-state index in [0.717, 1.165) is 5.56 Å². The third-order valence-electron chi connectivity index (χ3n) is 5.21. The number of carbonyl (C=O) groups is 1. The minimum atomic E-state index is -0.706. The van der Waals surface area contributed by atoms with Crippen molar-refractivity contribution in [3.63, 3.8) is 0 Å². The molecule has 34 heavy (non-hydrogen) atoms. The van der Waals surface area contributed by atoms with Crippen LogP contribution in [0.1, 0.15) is 31.0 Å². The molecule has 0 aliphatic carbocycles. The van der Waals surface area contributed by atoms with Gasteiger partial charge in [0, 0.05) is 12.1 Å². The van der Waals surface area contributed by atoms with Gasteiger partial charge in [-0.05, 0) is 31.1 Å². The number of non-ortho nitro benzene ring substituents is 1. The van der Waals surface area contributed by atoms with E-state index in [1.54, 1.807) is 38.1 Å². The maximum Gasteiger partial charge on any atom is 0.338 e. The standard InChI is InChI=1S/C25H21N3O5S/c1-3-33-24(30)22-16(2)26-25-27(20(22)13-12-17-8-5-4-6-9-17)23(29)21(34-25)15-18-10-7-11-19(14-18)28(31)32/h4-15,20H,3H2,1-2H3/b13-12+,21-15+/t20-/m1/s1. The summed E-state index contributed by atoms with van der Waals surface area (Å²) in [5.74, 6) is -0.528. The zero-order valence-electron chi connectivity index (χ0n) is 18.5. The number of allylic oxidation sites excluding steroid dienone is 2. The number of aromatic nitrogens is 1. The number of esters is 1. The summed E-state index contributed by atoms with van der Waals surface area (Å²) in [4.78, 5) is 41.8. The summed E-state index contributed by atoms with van der Waals surface area (Å²) >= 11 is 1.17. The Morgan fingerprint density at radius 3 is 2.65 bits per heavy atom. The van der Waals surface area contributed by atoms with Crippen molar-refractivity contribution in [1.82, 2.24) is 4.57 Å². The normalized spacial score (nSPS) is 15.8. The van der Waals surface area contributed by atoms with E-state index in [-0.39, 0.29) is 17.9 Å². The van der Waals surface area contributed by atoms with Crippen LogP contribution in [-0.2, 0) is 9.53 Å². The Morgan fingerprint density at radius 2 is 1.94 bits per heavy atom. The molecule has 0 radical (unpaired) electrons. The van der Waals surface area contributed by atoms with Gasteiger partial charge in [-0.1, -0.05) is 66.0 Å². The topological polar surface area (TPSA) is 104 Å². The van der Waals surface area contributed by atoms with Crippen LogP contribution in [-0.4, -0.2) is 22.1 Å². The number of ether oxygens (including phenoxy) is 1. The van der Waals surface area contributed by atoms with E-state index in [0.29, 0.717) is 26.2 Å². The number of carbonyl (C=O) groups excluding carboxylic acids is 1. The van der Waals surface area contributed by atoms with E-state index < -0.39 is 16.9 Å². The first kappa shape index (κ1) is 23.1. The van der Waals surface area contributed by atoms with Crippen LogP contribution in [0.15, 0.2) is 81.7 Å². The summed E-state index contributed by atoms with van der Waals surface area (Å²) in [5.41, 5.74) is 1.81. The number of hydrogen-bond donors (Lipinski definition) is 0. The van der Waals surface area contributed by atoms with Gasteiger partial charge in [0.05, 0.1) is 33.4 Å². The maximum atomic E-state index is 13.4. The van der Waals surface area contributed by atoms with Crippen molar-refractivity contribution in [3.05, 3.63) is 113 Å². The summed E-state index contributed by atoms with van der Waals surface area (Å²) in [5, 5.41) is 11.1. The number of nitro groups is 1. The minimum Gasteiger partial charge on any atom is -0.463 e. The third-order valence-corrected chi connectivity index (χ3v) is 6.19. The monoisotopic (exact) mass is 475 g/mol. The second-order valence-corrected chi connectivity index (χ2v) is 8.48. The van der Waals surface area contributed by atoms with Crippen molar-refractivity contribution >= 4 is 35.1 Å². The first-order valence-electron chi connectivity index (χ1n) is 10.6. The molecule has 1 aliphatic rings. The highest BCUT2D eigenvalue weighted by Crippen LogP contribution is 2.26. The largest absolute Gasteiger partial charge is 0.463 e. The quantitative estimate of drug-likeness (QED) is 0.309. The zero-order chi connectivity index (χ0) is 24.2. The molecule has 0 spiro atoms. The number of rotatable bonds is 6. The van der Waals surface area contributed by atoms with E-state index in [2.05, 4.69) is 4.99 Å². The van der Waals surface area contributed by atoms with Crippen molar-refractivity contribution in [1.29, 1.82) is 0 Å². The molecule has 1 atom stereocenters. The average Bonchev–Trinajstić information content (AvgIpc) is 3.12. The molecule has 2 heterocycles. The maximum absolute atomic E-state index is 13.4. The molecule has 0 unspecified atom stereocenters. The Morgan fingerprint density at radius 1 is 1.21 bits per heavy atom. The van der Waals surface area contributed by atoms with Crippen molar-refractivity contribution < 1.29 is 14.5 Å². The van der Waals surface area contributed by atoms with E-state index in [9.17, 15) is 19.7 Å². The highest BCUT2D eigenvalue weighted by molar-refractivity contribution is 7.07. The van der Waals surface area contributed by atoms with Crippen LogP contribution in [0.5, 0.6) is 0 Å². The van der Waals surface area contributed by atoms with Gasteiger partial charge in [-0.25, -0.2) is 9.79 Å². The number of benzene rings is 2.